The second-order valence-electron chi connectivity index (χ2n) is 15.1. The Bertz CT molecular complexity index is 868. The van der Waals surface area contributed by atoms with Gasteiger partial charge in [0.05, 0.1) is 25.4 Å². The van der Waals surface area contributed by atoms with E-state index in [9.17, 15) is 30.3 Å². The van der Waals surface area contributed by atoms with Crippen LogP contribution in [0.2, 0.25) is 0 Å². The second kappa shape index (κ2) is 34.2. The first-order valence-corrected chi connectivity index (χ1v) is 21.5. The van der Waals surface area contributed by atoms with Crippen LogP contribution in [0.25, 0.3) is 0 Å². The molecule has 306 valence electrons. The van der Waals surface area contributed by atoms with E-state index in [1.807, 2.05) is 0 Å². The van der Waals surface area contributed by atoms with Crippen LogP contribution in [0.1, 0.15) is 187 Å². The zero-order chi connectivity index (χ0) is 38.1. The first kappa shape index (κ1) is 48.7. The molecule has 0 aliphatic carbocycles. The Kier molecular flexibility index (Phi) is 32.0. The van der Waals surface area contributed by atoms with Crippen molar-refractivity contribution in [3.05, 3.63) is 24.3 Å². The third-order valence-corrected chi connectivity index (χ3v) is 10.3. The molecule has 0 aromatic rings. The molecule has 1 heterocycles. The summed E-state index contributed by atoms with van der Waals surface area (Å²) in [7, 11) is 0. The van der Waals surface area contributed by atoms with Gasteiger partial charge in [-0.05, 0) is 44.9 Å². The summed E-state index contributed by atoms with van der Waals surface area (Å²) in [5, 5.41) is 54.1. The van der Waals surface area contributed by atoms with Crippen molar-refractivity contribution < 1.29 is 39.8 Å². The van der Waals surface area contributed by atoms with Gasteiger partial charge < -0.3 is 40.3 Å². The molecule has 9 nitrogen and oxygen atoms in total. The number of allylic oxidation sites excluding steroid dienone is 4. The van der Waals surface area contributed by atoms with Gasteiger partial charge in [0.2, 0.25) is 5.91 Å². The van der Waals surface area contributed by atoms with Crippen LogP contribution >= 0.6 is 0 Å². The Morgan fingerprint density at radius 3 is 1.69 bits per heavy atom. The molecule has 0 aromatic heterocycles. The average Bonchev–Trinajstić information content (AvgIpc) is 3.14. The lowest BCUT2D eigenvalue weighted by molar-refractivity contribution is -0.302. The van der Waals surface area contributed by atoms with Gasteiger partial charge in [-0.25, -0.2) is 0 Å². The topological polar surface area (TPSA) is 149 Å². The van der Waals surface area contributed by atoms with Crippen LogP contribution in [0.3, 0.4) is 0 Å². The standard InChI is InChI=1S/C43H81NO8/c1-3-5-7-9-11-13-15-16-17-18-19-20-21-22-23-25-27-29-31-33-39(47)44-36(35-51-43-42(50)41(49)40(48)38(34-45)52-43)37(46)32-30-28-26-24-14-12-10-8-6-4-2/h11,13,16-17,36-38,40-43,45-46,48-50H,3-10,12,14-15,18-35H2,1-2H3,(H,44,47)/b13-11-,17-16-. The number of carbonyl (C=O) groups is 1. The number of aliphatic hydroxyl groups excluding tert-OH is 5. The first-order chi connectivity index (χ1) is 25.3. The predicted molar refractivity (Wildman–Crippen MR) is 212 cm³/mol. The van der Waals surface area contributed by atoms with Gasteiger partial charge in [0.1, 0.15) is 24.4 Å². The van der Waals surface area contributed by atoms with Crippen LogP contribution < -0.4 is 5.32 Å². The van der Waals surface area contributed by atoms with Crippen molar-refractivity contribution in [2.24, 2.45) is 0 Å². The summed E-state index contributed by atoms with van der Waals surface area (Å²) in [4.78, 5) is 12.9. The smallest absolute Gasteiger partial charge is 0.220 e. The maximum Gasteiger partial charge on any atom is 0.220 e. The minimum atomic E-state index is -1.55. The highest BCUT2D eigenvalue weighted by Gasteiger charge is 2.44. The van der Waals surface area contributed by atoms with Crippen LogP contribution in [0, 0.1) is 0 Å². The molecule has 1 aliphatic heterocycles. The molecule has 1 amide bonds. The molecule has 7 unspecified atom stereocenters. The maximum absolute atomic E-state index is 12.9. The lowest BCUT2D eigenvalue weighted by Crippen LogP contribution is -2.60. The van der Waals surface area contributed by atoms with Crippen molar-refractivity contribution in [2.45, 2.75) is 230 Å². The molecule has 1 saturated heterocycles. The van der Waals surface area contributed by atoms with Crippen molar-refractivity contribution in [3.63, 3.8) is 0 Å². The summed E-state index contributed by atoms with van der Waals surface area (Å²) in [6.45, 7) is 3.78. The highest BCUT2D eigenvalue weighted by atomic mass is 16.7. The van der Waals surface area contributed by atoms with Gasteiger partial charge >= 0.3 is 0 Å². The lowest BCUT2D eigenvalue weighted by atomic mass is 9.99. The zero-order valence-electron chi connectivity index (χ0n) is 33.3. The minimum Gasteiger partial charge on any atom is -0.394 e. The van der Waals surface area contributed by atoms with E-state index in [4.69, 9.17) is 9.47 Å². The normalized spacial score (nSPS) is 22.0. The Hall–Kier alpha value is -1.33. The van der Waals surface area contributed by atoms with E-state index in [2.05, 4.69) is 43.5 Å². The second-order valence-corrected chi connectivity index (χ2v) is 15.1. The SMILES string of the molecule is CCCCC/C=C\C/C=C\CCCCCCCCCCCC(=O)NC(COC1OC(CO)C(O)C(O)C1O)C(O)CCCCCCCCCCCC. The van der Waals surface area contributed by atoms with Gasteiger partial charge in [0.15, 0.2) is 6.29 Å². The van der Waals surface area contributed by atoms with Gasteiger partial charge in [-0.2, -0.15) is 0 Å². The highest BCUT2D eigenvalue weighted by Crippen LogP contribution is 2.23. The van der Waals surface area contributed by atoms with Gasteiger partial charge in [0.25, 0.3) is 0 Å². The molecule has 1 rings (SSSR count). The lowest BCUT2D eigenvalue weighted by Gasteiger charge is -2.40. The quantitative estimate of drug-likeness (QED) is 0.0281. The van der Waals surface area contributed by atoms with E-state index in [0.717, 1.165) is 44.9 Å². The van der Waals surface area contributed by atoms with Gasteiger partial charge in [0, 0.05) is 6.42 Å². The Labute approximate surface area is 318 Å². The number of nitrogens with one attached hydrogen (secondary N) is 1. The van der Waals surface area contributed by atoms with E-state index in [1.54, 1.807) is 0 Å². The molecule has 7 atom stereocenters. The molecular weight excluding hydrogens is 658 g/mol. The van der Waals surface area contributed by atoms with Gasteiger partial charge in [-0.15, -0.1) is 0 Å². The van der Waals surface area contributed by atoms with Gasteiger partial charge in [-0.3, -0.25) is 4.79 Å². The summed E-state index contributed by atoms with van der Waals surface area (Å²) in [5.41, 5.74) is 0. The number of hydrogen-bond donors (Lipinski definition) is 6. The summed E-state index contributed by atoms with van der Waals surface area (Å²) in [6.07, 6.45) is 31.8. The molecule has 0 spiro atoms. The molecular formula is C43H81NO8. The van der Waals surface area contributed by atoms with Crippen LogP contribution in [-0.2, 0) is 14.3 Å². The fraction of sp³-hybridized carbons (Fsp3) is 0.884. The monoisotopic (exact) mass is 740 g/mol. The van der Waals surface area contributed by atoms with Crippen molar-refractivity contribution in [1.29, 1.82) is 0 Å². The molecule has 0 aromatic carbocycles. The van der Waals surface area contributed by atoms with E-state index in [-0.39, 0.29) is 12.5 Å². The number of rotatable bonds is 35. The molecule has 52 heavy (non-hydrogen) atoms. The fourth-order valence-electron chi connectivity index (χ4n) is 6.78. The Morgan fingerprint density at radius 2 is 1.13 bits per heavy atom. The fourth-order valence-corrected chi connectivity index (χ4v) is 6.78. The van der Waals surface area contributed by atoms with Crippen LogP contribution in [0.5, 0.6) is 0 Å². The maximum atomic E-state index is 12.9. The summed E-state index contributed by atoms with van der Waals surface area (Å²) < 4.78 is 11.2. The molecule has 9 heteroatoms. The van der Waals surface area contributed by atoms with Crippen molar-refractivity contribution in [1.82, 2.24) is 5.32 Å². The summed E-state index contributed by atoms with van der Waals surface area (Å²) >= 11 is 0. The number of ether oxygens (including phenoxy) is 2. The Balaban J connectivity index is 2.32. The predicted octanol–water partition coefficient (Wildman–Crippen LogP) is 8.33. The molecule has 6 N–H and O–H groups in total. The highest BCUT2D eigenvalue weighted by molar-refractivity contribution is 5.76. The third-order valence-electron chi connectivity index (χ3n) is 10.3. The number of aliphatic hydroxyl groups is 5. The van der Waals surface area contributed by atoms with E-state index < -0.39 is 49.5 Å². The summed E-state index contributed by atoms with van der Waals surface area (Å²) in [6, 6.07) is -0.717. The van der Waals surface area contributed by atoms with Crippen molar-refractivity contribution >= 4 is 5.91 Å². The van der Waals surface area contributed by atoms with Crippen molar-refractivity contribution in [3.8, 4) is 0 Å². The number of unbranched alkanes of at least 4 members (excludes halogenated alkanes) is 21. The van der Waals surface area contributed by atoms with Crippen LogP contribution in [-0.4, -0.2) is 87.5 Å². The van der Waals surface area contributed by atoms with Crippen LogP contribution in [0.15, 0.2) is 24.3 Å². The molecule has 1 fully saturated rings. The van der Waals surface area contributed by atoms with Gasteiger partial charge in [-0.1, -0.05) is 160 Å². The van der Waals surface area contributed by atoms with E-state index in [0.29, 0.717) is 12.8 Å². The average molecular weight is 740 g/mol. The first-order valence-electron chi connectivity index (χ1n) is 21.5. The van der Waals surface area contributed by atoms with Crippen LogP contribution in [0.4, 0.5) is 0 Å². The van der Waals surface area contributed by atoms with E-state index in [1.165, 1.54) is 116 Å². The van der Waals surface area contributed by atoms with E-state index >= 15 is 0 Å². The largest absolute Gasteiger partial charge is 0.394 e. The molecule has 0 bridgehead atoms. The Morgan fingerprint density at radius 1 is 0.654 bits per heavy atom. The number of carbonyl (C=O) groups excluding carboxylic acids is 1. The molecule has 0 radical (unpaired) electrons. The van der Waals surface area contributed by atoms with Crippen molar-refractivity contribution in [2.75, 3.05) is 13.2 Å². The number of hydrogen-bond acceptors (Lipinski definition) is 8. The molecule has 0 saturated carbocycles. The zero-order valence-corrected chi connectivity index (χ0v) is 33.3. The number of amides is 1. The third kappa shape index (κ3) is 24.9. The summed E-state index contributed by atoms with van der Waals surface area (Å²) in [5.74, 6) is -0.151. The molecule has 1 aliphatic rings. The minimum absolute atomic E-state index is 0.139.